The molecular weight excluding hydrogens is 314 g/mol. The van der Waals surface area contributed by atoms with E-state index in [-0.39, 0.29) is 12.4 Å². The van der Waals surface area contributed by atoms with Crippen LogP contribution < -0.4 is 4.74 Å². The number of ketones is 1. The number of nitrogens with zero attached hydrogens (tertiary/aromatic N) is 1. The van der Waals surface area contributed by atoms with Gasteiger partial charge in [-0.15, -0.1) is 11.8 Å². The summed E-state index contributed by atoms with van der Waals surface area (Å²) in [6.07, 6.45) is 0. The Morgan fingerprint density at radius 2 is 2.09 bits per heavy atom. The summed E-state index contributed by atoms with van der Waals surface area (Å²) in [5.41, 5.74) is 0.0971. The highest BCUT2D eigenvalue weighted by Gasteiger charge is 2.36. The summed E-state index contributed by atoms with van der Waals surface area (Å²) in [6, 6.07) is 5.50. The zero-order valence-electron chi connectivity index (χ0n) is 14.0. The molecule has 128 valence electrons. The third-order valence-corrected chi connectivity index (χ3v) is 5.15. The summed E-state index contributed by atoms with van der Waals surface area (Å²) < 4.78 is 10.7. The number of benzene rings is 1. The lowest BCUT2D eigenvalue weighted by Gasteiger charge is -2.39. The molecule has 0 amide bonds. The summed E-state index contributed by atoms with van der Waals surface area (Å²) in [4.78, 5) is 16.1. The molecule has 2 rings (SSSR count). The van der Waals surface area contributed by atoms with Gasteiger partial charge in [-0.3, -0.25) is 9.69 Å². The smallest absolute Gasteiger partial charge is 0.182 e. The van der Waals surface area contributed by atoms with Gasteiger partial charge in [-0.25, -0.2) is 0 Å². The number of rotatable bonds is 7. The van der Waals surface area contributed by atoms with Gasteiger partial charge in [0.2, 0.25) is 0 Å². The number of hydrogen-bond acceptors (Lipinski definition) is 6. The normalized spacial score (nSPS) is 16.3. The van der Waals surface area contributed by atoms with Crippen LogP contribution in [0.3, 0.4) is 0 Å². The van der Waals surface area contributed by atoms with Gasteiger partial charge < -0.3 is 14.6 Å². The Balaban J connectivity index is 2.23. The average molecular weight is 339 g/mol. The predicted molar refractivity (Wildman–Crippen MR) is 91.6 cm³/mol. The van der Waals surface area contributed by atoms with Crippen molar-refractivity contribution in [3.63, 3.8) is 0 Å². The summed E-state index contributed by atoms with van der Waals surface area (Å²) in [5.74, 6) is 1.39. The number of thioether (sulfide) groups is 1. The SMILES string of the molecule is COc1ccc(C(=O)C(C)(C)N2CCOCC2)cc1SCCO. The molecule has 1 aliphatic rings. The lowest BCUT2D eigenvalue weighted by molar-refractivity contribution is -0.00430. The van der Waals surface area contributed by atoms with Gasteiger partial charge >= 0.3 is 0 Å². The Morgan fingerprint density at radius 3 is 2.70 bits per heavy atom. The highest BCUT2D eigenvalue weighted by molar-refractivity contribution is 7.99. The minimum Gasteiger partial charge on any atom is -0.496 e. The van der Waals surface area contributed by atoms with Crippen LogP contribution in [0.2, 0.25) is 0 Å². The van der Waals surface area contributed by atoms with Gasteiger partial charge in [-0.05, 0) is 32.0 Å². The van der Waals surface area contributed by atoms with Crippen LogP contribution in [-0.2, 0) is 4.74 Å². The number of methoxy groups -OCH3 is 1. The van der Waals surface area contributed by atoms with E-state index < -0.39 is 5.54 Å². The van der Waals surface area contributed by atoms with Crippen LogP contribution in [0.5, 0.6) is 5.75 Å². The number of aliphatic hydroxyl groups is 1. The molecule has 0 saturated carbocycles. The molecule has 1 fully saturated rings. The molecular formula is C17H25NO4S. The monoisotopic (exact) mass is 339 g/mol. The average Bonchev–Trinajstić information content (AvgIpc) is 2.59. The Bertz CT molecular complexity index is 541. The minimum absolute atomic E-state index is 0.0886. The maximum atomic E-state index is 13.0. The van der Waals surface area contributed by atoms with Gasteiger partial charge in [0, 0.05) is 24.4 Å². The summed E-state index contributed by atoms with van der Waals surface area (Å²) in [5, 5.41) is 9.02. The quantitative estimate of drug-likeness (QED) is 0.606. The first-order valence-electron chi connectivity index (χ1n) is 7.80. The Labute approximate surface area is 142 Å². The molecule has 0 atom stereocenters. The first-order valence-corrected chi connectivity index (χ1v) is 8.78. The van der Waals surface area contributed by atoms with Crippen LogP contribution in [0.4, 0.5) is 0 Å². The van der Waals surface area contributed by atoms with Crippen molar-refractivity contribution in [2.24, 2.45) is 0 Å². The number of Topliss-reactive ketones (excluding diaryl/α,β-unsaturated/α-hetero) is 1. The van der Waals surface area contributed by atoms with Crippen LogP contribution in [-0.4, -0.2) is 67.1 Å². The fourth-order valence-electron chi connectivity index (χ4n) is 2.71. The minimum atomic E-state index is -0.572. The number of morpholine rings is 1. The molecule has 0 unspecified atom stereocenters. The second-order valence-corrected chi connectivity index (χ2v) is 7.06. The molecule has 0 spiro atoms. The summed E-state index contributed by atoms with van der Waals surface area (Å²) in [6.45, 7) is 6.87. The van der Waals surface area contributed by atoms with Gasteiger partial charge in [0.05, 0.1) is 37.4 Å². The van der Waals surface area contributed by atoms with Crippen molar-refractivity contribution in [3.8, 4) is 5.75 Å². The van der Waals surface area contributed by atoms with Crippen molar-refractivity contribution in [1.82, 2.24) is 4.90 Å². The van der Waals surface area contributed by atoms with Gasteiger partial charge in [0.25, 0.3) is 0 Å². The number of ether oxygens (including phenoxy) is 2. The summed E-state index contributed by atoms with van der Waals surface area (Å²) in [7, 11) is 1.61. The second kappa shape index (κ2) is 8.15. The highest BCUT2D eigenvalue weighted by atomic mass is 32.2. The first kappa shape index (κ1) is 18.3. The maximum absolute atomic E-state index is 13.0. The highest BCUT2D eigenvalue weighted by Crippen LogP contribution is 2.32. The fourth-order valence-corrected chi connectivity index (χ4v) is 3.52. The third-order valence-electron chi connectivity index (χ3n) is 4.13. The van der Waals surface area contributed by atoms with E-state index in [9.17, 15) is 4.79 Å². The van der Waals surface area contributed by atoms with Crippen molar-refractivity contribution in [1.29, 1.82) is 0 Å². The molecule has 0 bridgehead atoms. The first-order chi connectivity index (χ1) is 11.0. The van der Waals surface area contributed by atoms with E-state index in [1.54, 1.807) is 7.11 Å². The maximum Gasteiger partial charge on any atom is 0.182 e. The molecule has 1 heterocycles. The standard InChI is InChI=1S/C17H25NO4S/c1-17(2,18-6-9-22-10-7-18)16(20)13-4-5-14(21-3)15(12-13)23-11-8-19/h4-5,12,19H,6-11H2,1-3H3. The fraction of sp³-hybridized carbons (Fsp3) is 0.588. The van der Waals surface area contributed by atoms with Crippen LogP contribution in [0.25, 0.3) is 0 Å². The number of hydrogen-bond donors (Lipinski definition) is 1. The lowest BCUT2D eigenvalue weighted by atomic mass is 9.91. The molecule has 0 aromatic heterocycles. The van der Waals surface area contributed by atoms with E-state index in [2.05, 4.69) is 4.90 Å². The van der Waals surface area contributed by atoms with Crippen molar-refractivity contribution < 1.29 is 19.4 Å². The number of carbonyl (C=O) groups excluding carboxylic acids is 1. The van der Waals surface area contributed by atoms with Crippen LogP contribution in [0.15, 0.2) is 23.1 Å². The summed E-state index contributed by atoms with van der Waals surface area (Å²) >= 11 is 1.49. The second-order valence-electron chi connectivity index (χ2n) is 5.93. The lowest BCUT2D eigenvalue weighted by Crippen LogP contribution is -2.54. The molecule has 23 heavy (non-hydrogen) atoms. The number of aliphatic hydroxyl groups excluding tert-OH is 1. The predicted octanol–water partition coefficient (Wildman–Crippen LogP) is 2.07. The Morgan fingerprint density at radius 1 is 1.39 bits per heavy atom. The molecule has 0 radical (unpaired) electrons. The number of carbonyl (C=O) groups is 1. The Hall–Kier alpha value is -1.08. The van der Waals surface area contributed by atoms with E-state index in [0.29, 0.717) is 24.5 Å². The molecule has 5 nitrogen and oxygen atoms in total. The zero-order chi connectivity index (χ0) is 16.9. The van der Waals surface area contributed by atoms with E-state index in [1.807, 2.05) is 32.0 Å². The van der Waals surface area contributed by atoms with Crippen molar-refractivity contribution >= 4 is 17.5 Å². The third kappa shape index (κ3) is 4.26. The van der Waals surface area contributed by atoms with E-state index >= 15 is 0 Å². The molecule has 0 aliphatic carbocycles. The Kier molecular flexibility index (Phi) is 6.47. The zero-order valence-corrected chi connectivity index (χ0v) is 14.8. The molecule has 1 aliphatic heterocycles. The molecule has 1 aromatic rings. The van der Waals surface area contributed by atoms with Crippen molar-refractivity contribution in [3.05, 3.63) is 23.8 Å². The van der Waals surface area contributed by atoms with Gasteiger partial charge in [-0.2, -0.15) is 0 Å². The van der Waals surface area contributed by atoms with Gasteiger partial charge in [0.15, 0.2) is 5.78 Å². The van der Waals surface area contributed by atoms with E-state index in [4.69, 9.17) is 14.6 Å². The van der Waals surface area contributed by atoms with Crippen molar-refractivity contribution in [2.45, 2.75) is 24.3 Å². The molecule has 1 saturated heterocycles. The largest absolute Gasteiger partial charge is 0.496 e. The van der Waals surface area contributed by atoms with E-state index in [1.165, 1.54) is 11.8 Å². The van der Waals surface area contributed by atoms with Crippen LogP contribution in [0, 0.1) is 0 Å². The molecule has 1 aromatic carbocycles. The van der Waals surface area contributed by atoms with Crippen LogP contribution in [0.1, 0.15) is 24.2 Å². The van der Waals surface area contributed by atoms with Crippen LogP contribution >= 0.6 is 11.8 Å². The topological polar surface area (TPSA) is 59.0 Å². The molecule has 6 heteroatoms. The van der Waals surface area contributed by atoms with Crippen molar-refractivity contribution in [2.75, 3.05) is 45.8 Å². The molecule has 1 N–H and O–H groups in total. The van der Waals surface area contributed by atoms with Gasteiger partial charge in [0.1, 0.15) is 5.75 Å². The van der Waals surface area contributed by atoms with Gasteiger partial charge in [-0.1, -0.05) is 0 Å². The van der Waals surface area contributed by atoms with E-state index in [0.717, 1.165) is 23.7 Å².